The summed E-state index contributed by atoms with van der Waals surface area (Å²) in [5.74, 6) is -0.247. The number of thiophene rings is 1. The Bertz CT molecular complexity index is 1540. The number of carboxylic acid groups (broad SMARTS) is 1. The molecule has 0 aliphatic heterocycles. The molecule has 7 heteroatoms. The van der Waals surface area contributed by atoms with E-state index in [4.69, 9.17) is 14.5 Å². The van der Waals surface area contributed by atoms with Crippen molar-refractivity contribution < 1.29 is 14.3 Å². The molecule has 0 aliphatic carbocycles. The van der Waals surface area contributed by atoms with E-state index in [1.165, 1.54) is 17.4 Å². The number of nitrogens with zero attached hydrogens (tertiary/aromatic N) is 2. The average Bonchev–Trinajstić information content (AvgIpc) is 3.42. The standard InChI is InChI=1S/C25H20N2O4S/c1-14(2)22-26-23-21(24(28)27(22)12-18-9-10-20(31-18)25(29)30)19(13-32-23)17-8-7-15-5-3-4-6-16(15)11-17/h3-11,13-14H,12H2,1-2H3,(H,29,30). The van der Waals surface area contributed by atoms with Crippen LogP contribution >= 0.6 is 11.3 Å². The molecule has 0 saturated carbocycles. The highest BCUT2D eigenvalue weighted by atomic mass is 32.1. The number of carbonyl (C=O) groups is 1. The van der Waals surface area contributed by atoms with Crippen LogP contribution in [0, 0.1) is 0 Å². The third-order valence-corrected chi connectivity index (χ3v) is 6.36. The highest BCUT2D eigenvalue weighted by molar-refractivity contribution is 7.17. The molecule has 0 unspecified atom stereocenters. The van der Waals surface area contributed by atoms with Gasteiger partial charge < -0.3 is 9.52 Å². The Labute approximate surface area is 187 Å². The van der Waals surface area contributed by atoms with Gasteiger partial charge in [0.1, 0.15) is 16.4 Å². The summed E-state index contributed by atoms with van der Waals surface area (Å²) in [7, 11) is 0. The first-order valence-electron chi connectivity index (χ1n) is 10.3. The normalized spacial score (nSPS) is 11.6. The summed E-state index contributed by atoms with van der Waals surface area (Å²) >= 11 is 1.46. The maximum absolute atomic E-state index is 13.7. The third kappa shape index (κ3) is 3.40. The Morgan fingerprint density at radius 1 is 1.12 bits per heavy atom. The summed E-state index contributed by atoms with van der Waals surface area (Å²) < 4.78 is 7.00. The number of benzene rings is 2. The summed E-state index contributed by atoms with van der Waals surface area (Å²) in [6.45, 7) is 4.08. The second-order valence-corrected chi connectivity index (χ2v) is 8.84. The van der Waals surface area contributed by atoms with E-state index in [0.29, 0.717) is 21.8 Å². The van der Waals surface area contributed by atoms with Crippen LogP contribution < -0.4 is 5.56 Å². The van der Waals surface area contributed by atoms with Crippen LogP contribution in [0.1, 0.15) is 41.9 Å². The first kappa shape index (κ1) is 20.2. The van der Waals surface area contributed by atoms with Gasteiger partial charge in [0, 0.05) is 16.9 Å². The van der Waals surface area contributed by atoms with E-state index in [2.05, 4.69) is 24.3 Å². The maximum atomic E-state index is 13.7. The van der Waals surface area contributed by atoms with Crippen molar-refractivity contribution in [2.75, 3.05) is 0 Å². The van der Waals surface area contributed by atoms with Gasteiger partial charge in [0.25, 0.3) is 5.56 Å². The van der Waals surface area contributed by atoms with Gasteiger partial charge in [0.2, 0.25) is 5.76 Å². The molecule has 5 aromatic rings. The average molecular weight is 445 g/mol. The lowest BCUT2D eigenvalue weighted by Crippen LogP contribution is -2.26. The predicted octanol–water partition coefficient (Wildman–Crippen LogP) is 5.74. The zero-order chi connectivity index (χ0) is 22.4. The fourth-order valence-electron chi connectivity index (χ4n) is 3.94. The van der Waals surface area contributed by atoms with Gasteiger partial charge in [-0.1, -0.05) is 50.2 Å². The second-order valence-electron chi connectivity index (χ2n) is 7.98. The molecule has 1 N–H and O–H groups in total. The molecule has 0 fully saturated rings. The Morgan fingerprint density at radius 2 is 1.91 bits per heavy atom. The topological polar surface area (TPSA) is 85.3 Å². The molecule has 0 aliphatic rings. The van der Waals surface area contributed by atoms with Gasteiger partial charge in [-0.3, -0.25) is 9.36 Å². The van der Waals surface area contributed by atoms with Gasteiger partial charge in [-0.2, -0.15) is 0 Å². The van der Waals surface area contributed by atoms with Crippen LogP contribution in [0.15, 0.2) is 69.2 Å². The first-order valence-corrected chi connectivity index (χ1v) is 11.1. The van der Waals surface area contributed by atoms with Crippen LogP contribution in [-0.4, -0.2) is 20.6 Å². The molecule has 0 spiro atoms. The van der Waals surface area contributed by atoms with Crippen molar-refractivity contribution in [3.8, 4) is 11.1 Å². The molecule has 3 aromatic heterocycles. The summed E-state index contributed by atoms with van der Waals surface area (Å²) in [6.07, 6.45) is 0. The number of furan rings is 1. The maximum Gasteiger partial charge on any atom is 0.371 e. The minimum atomic E-state index is -1.14. The number of fused-ring (bicyclic) bond motifs is 2. The molecule has 6 nitrogen and oxygen atoms in total. The molecule has 160 valence electrons. The molecule has 0 atom stereocenters. The van der Waals surface area contributed by atoms with Crippen LogP contribution in [-0.2, 0) is 6.54 Å². The zero-order valence-corrected chi connectivity index (χ0v) is 18.3. The van der Waals surface area contributed by atoms with E-state index in [9.17, 15) is 9.59 Å². The summed E-state index contributed by atoms with van der Waals surface area (Å²) in [6, 6.07) is 17.3. The lowest BCUT2D eigenvalue weighted by Gasteiger charge is -2.14. The van der Waals surface area contributed by atoms with E-state index in [1.54, 1.807) is 10.6 Å². The Hall–Kier alpha value is -3.71. The summed E-state index contributed by atoms with van der Waals surface area (Å²) in [5.41, 5.74) is 1.66. The van der Waals surface area contributed by atoms with Gasteiger partial charge in [0.15, 0.2) is 0 Å². The molecule has 5 rings (SSSR count). The molecule has 0 saturated heterocycles. The van der Waals surface area contributed by atoms with E-state index >= 15 is 0 Å². The minimum Gasteiger partial charge on any atom is -0.475 e. The van der Waals surface area contributed by atoms with Crippen LogP contribution in [0.25, 0.3) is 32.1 Å². The molecule has 3 heterocycles. The van der Waals surface area contributed by atoms with Gasteiger partial charge in [-0.05, 0) is 34.5 Å². The lowest BCUT2D eigenvalue weighted by atomic mass is 10.0. The molecule has 0 radical (unpaired) electrons. The van der Waals surface area contributed by atoms with E-state index < -0.39 is 5.97 Å². The first-order chi connectivity index (χ1) is 15.4. The van der Waals surface area contributed by atoms with E-state index in [-0.39, 0.29) is 23.8 Å². The number of rotatable bonds is 5. The van der Waals surface area contributed by atoms with Gasteiger partial charge in [-0.15, -0.1) is 11.3 Å². The number of aromatic nitrogens is 2. The van der Waals surface area contributed by atoms with E-state index in [0.717, 1.165) is 21.9 Å². The Kier molecular flexibility index (Phi) is 4.90. The molecular weight excluding hydrogens is 424 g/mol. The number of aromatic carboxylic acids is 1. The van der Waals surface area contributed by atoms with Crippen LogP contribution in [0.5, 0.6) is 0 Å². The molecule has 0 bridgehead atoms. The predicted molar refractivity (Wildman–Crippen MR) is 126 cm³/mol. The van der Waals surface area contributed by atoms with Crippen LogP contribution in [0.2, 0.25) is 0 Å². The fraction of sp³-hybridized carbons (Fsp3) is 0.160. The Balaban J connectivity index is 1.69. The van der Waals surface area contributed by atoms with Crippen LogP contribution in [0.3, 0.4) is 0 Å². The van der Waals surface area contributed by atoms with Crippen molar-refractivity contribution in [2.45, 2.75) is 26.3 Å². The highest BCUT2D eigenvalue weighted by Gasteiger charge is 2.20. The summed E-state index contributed by atoms with van der Waals surface area (Å²) in [4.78, 5) is 30.4. The van der Waals surface area contributed by atoms with Crippen molar-refractivity contribution in [3.63, 3.8) is 0 Å². The quantitative estimate of drug-likeness (QED) is 0.374. The van der Waals surface area contributed by atoms with Gasteiger partial charge in [-0.25, -0.2) is 9.78 Å². The fourth-order valence-corrected chi connectivity index (χ4v) is 4.88. The smallest absolute Gasteiger partial charge is 0.371 e. The van der Waals surface area contributed by atoms with Crippen molar-refractivity contribution in [1.29, 1.82) is 0 Å². The summed E-state index contributed by atoms with van der Waals surface area (Å²) in [5, 5.41) is 13.9. The number of hydrogen-bond acceptors (Lipinski definition) is 5. The van der Waals surface area contributed by atoms with E-state index in [1.807, 2.05) is 37.4 Å². The van der Waals surface area contributed by atoms with Gasteiger partial charge in [0.05, 0.1) is 11.9 Å². The highest BCUT2D eigenvalue weighted by Crippen LogP contribution is 2.33. The minimum absolute atomic E-state index is 0.00669. The molecular formula is C25H20N2O4S. The van der Waals surface area contributed by atoms with Crippen molar-refractivity contribution in [3.05, 3.63) is 87.7 Å². The monoisotopic (exact) mass is 444 g/mol. The van der Waals surface area contributed by atoms with Crippen molar-refractivity contribution in [2.24, 2.45) is 0 Å². The second kappa shape index (κ2) is 7.76. The van der Waals surface area contributed by atoms with Gasteiger partial charge >= 0.3 is 5.97 Å². The number of hydrogen-bond donors (Lipinski definition) is 1. The van der Waals surface area contributed by atoms with Crippen molar-refractivity contribution >= 4 is 38.3 Å². The largest absolute Gasteiger partial charge is 0.475 e. The number of carboxylic acids is 1. The van der Waals surface area contributed by atoms with Crippen LogP contribution in [0.4, 0.5) is 0 Å². The third-order valence-electron chi connectivity index (χ3n) is 5.49. The molecule has 2 aromatic carbocycles. The zero-order valence-electron chi connectivity index (χ0n) is 17.5. The lowest BCUT2D eigenvalue weighted by molar-refractivity contribution is 0.0660. The Morgan fingerprint density at radius 3 is 2.62 bits per heavy atom. The SMILES string of the molecule is CC(C)c1nc2scc(-c3ccc4ccccc4c3)c2c(=O)n1Cc1ccc(C(=O)O)o1. The molecule has 0 amide bonds. The molecule has 32 heavy (non-hydrogen) atoms. The van der Waals surface area contributed by atoms with Crippen molar-refractivity contribution in [1.82, 2.24) is 9.55 Å².